The molecule has 0 radical (unpaired) electrons. The third-order valence-electron chi connectivity index (χ3n) is 6.75. The second-order valence-electron chi connectivity index (χ2n) is 9.09. The molecule has 216 valence electrons. The minimum Gasteiger partial charge on any atom is -0.495 e. The summed E-state index contributed by atoms with van der Waals surface area (Å²) in [6.45, 7) is 1.50. The predicted octanol–water partition coefficient (Wildman–Crippen LogP) is 3.79. The Bertz CT molecular complexity index is 1770. The fraction of sp³-hybridized carbons (Fsp3) is 0.276. The predicted molar refractivity (Wildman–Crippen MR) is 152 cm³/mol. The number of benzene rings is 2. The summed E-state index contributed by atoms with van der Waals surface area (Å²) in [5.41, 5.74) is 1.69. The molecular weight excluding hydrogens is 560 g/mol. The highest BCUT2D eigenvalue weighted by Crippen LogP contribution is 2.38. The normalized spacial score (nSPS) is 12.5. The highest BCUT2D eigenvalue weighted by atomic mass is 32.2. The van der Waals surface area contributed by atoms with Gasteiger partial charge in [-0.2, -0.15) is 10.5 Å². The SMILES string of the molecule is COc1cncc(-c2nnc(CS(=O)(=O)[C@H](C)[C@@H](OC)c3ccc(C#N)cc3C#N)n2-c2c(OC)cccc2OC)c1. The summed E-state index contributed by atoms with van der Waals surface area (Å²) in [6, 6.07) is 15.3. The van der Waals surface area contributed by atoms with Crippen molar-refractivity contribution in [3.63, 3.8) is 0 Å². The van der Waals surface area contributed by atoms with E-state index in [0.29, 0.717) is 34.1 Å². The molecule has 0 spiro atoms. The van der Waals surface area contributed by atoms with Crippen molar-refractivity contribution >= 4 is 9.84 Å². The van der Waals surface area contributed by atoms with E-state index in [-0.39, 0.29) is 22.8 Å². The molecule has 4 rings (SSSR count). The van der Waals surface area contributed by atoms with Crippen LogP contribution in [0, 0.1) is 22.7 Å². The maximum absolute atomic E-state index is 13.9. The molecule has 0 aliphatic rings. The summed E-state index contributed by atoms with van der Waals surface area (Å²) in [4.78, 5) is 4.21. The molecule has 0 bridgehead atoms. The summed E-state index contributed by atoms with van der Waals surface area (Å²) in [7, 11) is 1.84. The lowest BCUT2D eigenvalue weighted by atomic mass is 9.99. The number of pyridine rings is 1. The van der Waals surface area contributed by atoms with Crippen molar-refractivity contribution in [1.29, 1.82) is 10.5 Å². The fourth-order valence-electron chi connectivity index (χ4n) is 4.58. The van der Waals surface area contributed by atoms with E-state index < -0.39 is 26.9 Å². The van der Waals surface area contributed by atoms with Crippen molar-refractivity contribution in [3.05, 3.63) is 77.4 Å². The molecule has 12 nitrogen and oxygen atoms in total. The van der Waals surface area contributed by atoms with Gasteiger partial charge in [-0.15, -0.1) is 10.2 Å². The number of sulfone groups is 1. The molecule has 0 amide bonds. The van der Waals surface area contributed by atoms with E-state index in [1.807, 2.05) is 12.1 Å². The monoisotopic (exact) mass is 588 g/mol. The van der Waals surface area contributed by atoms with Crippen LogP contribution in [-0.2, 0) is 20.3 Å². The first kappa shape index (κ1) is 30.0. The molecule has 0 N–H and O–H groups in total. The first-order valence-corrected chi connectivity index (χ1v) is 14.3. The van der Waals surface area contributed by atoms with Gasteiger partial charge in [0.2, 0.25) is 0 Å². The van der Waals surface area contributed by atoms with E-state index in [9.17, 15) is 18.9 Å². The highest BCUT2D eigenvalue weighted by molar-refractivity contribution is 7.91. The van der Waals surface area contributed by atoms with Crippen LogP contribution in [0.2, 0.25) is 0 Å². The van der Waals surface area contributed by atoms with Gasteiger partial charge in [0, 0.05) is 18.9 Å². The van der Waals surface area contributed by atoms with Crippen LogP contribution in [-0.4, -0.2) is 61.9 Å². The van der Waals surface area contributed by atoms with Crippen molar-refractivity contribution in [3.8, 4) is 46.5 Å². The van der Waals surface area contributed by atoms with Crippen molar-refractivity contribution in [1.82, 2.24) is 19.7 Å². The molecule has 2 aromatic heterocycles. The Balaban J connectivity index is 1.86. The first-order valence-electron chi connectivity index (χ1n) is 12.6. The summed E-state index contributed by atoms with van der Waals surface area (Å²) in [6.07, 6.45) is 2.09. The number of aromatic nitrogens is 4. The zero-order valence-electron chi connectivity index (χ0n) is 23.6. The number of hydrogen-bond donors (Lipinski definition) is 0. The van der Waals surface area contributed by atoms with Gasteiger partial charge in [0.05, 0.1) is 62.1 Å². The number of ether oxygens (including phenoxy) is 4. The number of hydrogen-bond acceptors (Lipinski definition) is 11. The fourth-order valence-corrected chi connectivity index (χ4v) is 6.02. The zero-order chi connectivity index (χ0) is 30.4. The molecule has 0 saturated heterocycles. The average molecular weight is 589 g/mol. The van der Waals surface area contributed by atoms with Gasteiger partial charge in [0.15, 0.2) is 21.5 Å². The minimum atomic E-state index is -4.01. The number of methoxy groups -OCH3 is 4. The van der Waals surface area contributed by atoms with Crippen LogP contribution in [0.25, 0.3) is 17.1 Å². The van der Waals surface area contributed by atoms with Crippen molar-refractivity contribution in [2.45, 2.75) is 24.0 Å². The lowest BCUT2D eigenvalue weighted by molar-refractivity contribution is 0.102. The third kappa shape index (κ3) is 5.74. The molecule has 0 aliphatic heterocycles. The van der Waals surface area contributed by atoms with Gasteiger partial charge in [-0.3, -0.25) is 9.55 Å². The Kier molecular flexibility index (Phi) is 9.06. The molecular formula is C29H28N6O6S. The van der Waals surface area contributed by atoms with Gasteiger partial charge in [-0.05, 0) is 42.8 Å². The molecule has 0 unspecified atom stereocenters. The first-order chi connectivity index (χ1) is 20.2. The summed E-state index contributed by atoms with van der Waals surface area (Å²) < 4.78 is 51.6. The van der Waals surface area contributed by atoms with Gasteiger partial charge < -0.3 is 18.9 Å². The summed E-state index contributed by atoms with van der Waals surface area (Å²) in [5.74, 6) is 1.07. The smallest absolute Gasteiger partial charge is 0.170 e. The van der Waals surface area contributed by atoms with E-state index in [0.717, 1.165) is 0 Å². The Morgan fingerprint density at radius 3 is 2.24 bits per heavy atom. The van der Waals surface area contributed by atoms with Crippen LogP contribution in [0.3, 0.4) is 0 Å². The Hall–Kier alpha value is -4.98. The van der Waals surface area contributed by atoms with E-state index in [2.05, 4.69) is 15.2 Å². The van der Waals surface area contributed by atoms with Gasteiger partial charge in [0.25, 0.3) is 0 Å². The van der Waals surface area contributed by atoms with Crippen LogP contribution < -0.4 is 14.2 Å². The second-order valence-corrected chi connectivity index (χ2v) is 11.5. The quantitative estimate of drug-likeness (QED) is 0.250. The lowest BCUT2D eigenvalue weighted by Crippen LogP contribution is -2.29. The van der Waals surface area contributed by atoms with Gasteiger partial charge in [-0.25, -0.2) is 8.42 Å². The number of nitriles is 2. The second kappa shape index (κ2) is 12.7. The van der Waals surface area contributed by atoms with E-state index in [1.165, 1.54) is 59.8 Å². The van der Waals surface area contributed by atoms with Crippen LogP contribution in [0.5, 0.6) is 17.2 Å². The lowest BCUT2D eigenvalue weighted by Gasteiger charge is -2.24. The molecule has 0 saturated carbocycles. The molecule has 0 aliphatic carbocycles. The van der Waals surface area contributed by atoms with Gasteiger partial charge >= 0.3 is 0 Å². The topological polar surface area (TPSA) is 162 Å². The average Bonchev–Trinajstić information content (AvgIpc) is 3.42. The largest absolute Gasteiger partial charge is 0.495 e. The van der Waals surface area contributed by atoms with Crippen LogP contribution in [0.4, 0.5) is 0 Å². The Labute approximate surface area is 243 Å². The van der Waals surface area contributed by atoms with E-state index in [1.54, 1.807) is 35.0 Å². The minimum absolute atomic E-state index is 0.0812. The van der Waals surface area contributed by atoms with Crippen LogP contribution in [0.1, 0.15) is 35.5 Å². The summed E-state index contributed by atoms with van der Waals surface area (Å²) >= 11 is 0. The van der Waals surface area contributed by atoms with E-state index >= 15 is 0 Å². The molecule has 2 aromatic carbocycles. The van der Waals surface area contributed by atoms with Gasteiger partial charge in [0.1, 0.15) is 28.7 Å². The maximum Gasteiger partial charge on any atom is 0.170 e. The molecule has 2 heterocycles. The molecule has 13 heteroatoms. The molecule has 2 atom stereocenters. The van der Waals surface area contributed by atoms with Crippen LogP contribution >= 0.6 is 0 Å². The van der Waals surface area contributed by atoms with E-state index in [4.69, 9.17) is 18.9 Å². The van der Waals surface area contributed by atoms with Crippen molar-refractivity contribution in [2.75, 3.05) is 28.4 Å². The van der Waals surface area contributed by atoms with Crippen LogP contribution in [0.15, 0.2) is 54.9 Å². The summed E-state index contributed by atoms with van der Waals surface area (Å²) in [5, 5.41) is 26.4. The molecule has 42 heavy (non-hydrogen) atoms. The third-order valence-corrected chi connectivity index (χ3v) is 8.79. The number of nitrogens with zero attached hydrogens (tertiary/aromatic N) is 6. The zero-order valence-corrected chi connectivity index (χ0v) is 24.4. The van der Waals surface area contributed by atoms with Gasteiger partial charge in [-0.1, -0.05) is 12.1 Å². The van der Waals surface area contributed by atoms with Crippen molar-refractivity contribution in [2.24, 2.45) is 0 Å². The maximum atomic E-state index is 13.9. The highest BCUT2D eigenvalue weighted by Gasteiger charge is 2.35. The van der Waals surface area contributed by atoms with Crippen molar-refractivity contribution < 1.29 is 27.4 Å². The Morgan fingerprint density at radius 1 is 0.929 bits per heavy atom. The number of rotatable bonds is 11. The molecule has 4 aromatic rings. The molecule has 0 fully saturated rings. The Morgan fingerprint density at radius 2 is 1.64 bits per heavy atom. The number of para-hydroxylation sites is 1. The standard InChI is InChI=1S/C29H28N6O6S/c1-18(28(41-5)23-10-9-19(13-30)11-20(23)14-31)42(36,37)17-26-33-34-29(21-12-22(38-2)16-32-15-21)35(26)27-24(39-3)7-6-8-25(27)40-4/h6-12,15-16,18,28H,17H2,1-5H3/t18-,28-/m1/s1.